The maximum absolute atomic E-state index is 4.73. The molecule has 0 radical (unpaired) electrons. The van der Waals surface area contributed by atoms with E-state index in [4.69, 9.17) is 20.0 Å². The fourth-order valence-corrected chi connectivity index (χ4v) is 2.35. The molecule has 0 atom stereocenters. The van der Waals surface area contributed by atoms with Crippen LogP contribution >= 0.6 is 0 Å². The Balaban J connectivity index is 2.48. The number of hydrogen-bond donors (Lipinski definition) is 0. The Hall–Kier alpha value is -2.88. The summed E-state index contributed by atoms with van der Waals surface area (Å²) < 4.78 is 0. The van der Waals surface area contributed by atoms with Crippen molar-refractivity contribution in [2.45, 2.75) is 27.7 Å². The van der Waals surface area contributed by atoms with E-state index in [0.717, 1.165) is 44.2 Å². The van der Waals surface area contributed by atoms with Crippen molar-refractivity contribution in [1.29, 1.82) is 0 Å². The highest BCUT2D eigenvalue weighted by Gasteiger charge is 1.99. The number of allylic oxidation sites excluding steroid dienone is 4. The second-order valence-electron chi connectivity index (χ2n) is 5.77. The maximum atomic E-state index is 4.73. The van der Waals surface area contributed by atoms with Crippen molar-refractivity contribution >= 4 is 0 Å². The third-order valence-electron chi connectivity index (χ3n) is 3.96. The topological polar surface area (TPSA) is 49.4 Å². The molecule has 4 heteroatoms. The smallest absolute Gasteiger partial charge is 0.0890 e. The molecule has 2 aromatic carbocycles. The molecule has 1 heterocycles. The molecule has 0 fully saturated rings. The number of benzene rings is 2. The van der Waals surface area contributed by atoms with Crippen LogP contribution in [0.2, 0.25) is 0 Å². The summed E-state index contributed by atoms with van der Waals surface area (Å²) in [6.45, 7) is 7.87. The third-order valence-corrected chi connectivity index (χ3v) is 3.96. The predicted molar refractivity (Wildman–Crippen MR) is 94.3 cm³/mol. The molecule has 24 heavy (non-hydrogen) atoms. The minimum atomic E-state index is 0.838. The van der Waals surface area contributed by atoms with E-state index < -0.39 is 0 Å². The molecule has 0 spiro atoms. The van der Waals surface area contributed by atoms with E-state index in [1.807, 2.05) is 76.2 Å². The van der Waals surface area contributed by atoms with Crippen LogP contribution in [0.15, 0.2) is 91.3 Å². The molecule has 2 aromatic rings. The van der Waals surface area contributed by atoms with E-state index in [2.05, 4.69) is 0 Å². The first-order valence-corrected chi connectivity index (χ1v) is 7.94. The van der Waals surface area contributed by atoms with Gasteiger partial charge >= 0.3 is 0 Å². The molecule has 4 nitrogen and oxygen atoms in total. The van der Waals surface area contributed by atoms with Crippen molar-refractivity contribution < 1.29 is 0 Å². The molecule has 120 valence electrons. The van der Waals surface area contributed by atoms with Crippen LogP contribution in [0, 0.1) is 0 Å². The fraction of sp³-hybridized carbons (Fsp3) is 0.200. The minimum absolute atomic E-state index is 0.838. The van der Waals surface area contributed by atoms with Gasteiger partial charge in [0, 0.05) is 0 Å². The summed E-state index contributed by atoms with van der Waals surface area (Å²) >= 11 is 0. The van der Waals surface area contributed by atoms with Gasteiger partial charge in [-0.25, -0.2) is 20.0 Å². The van der Waals surface area contributed by atoms with Gasteiger partial charge in [-0.05, 0) is 52.0 Å². The summed E-state index contributed by atoms with van der Waals surface area (Å²) in [5.74, 6) is 0. The Morgan fingerprint density at radius 1 is 0.417 bits per heavy atom. The molecule has 0 saturated heterocycles. The lowest BCUT2D eigenvalue weighted by Crippen LogP contribution is -2.26. The van der Waals surface area contributed by atoms with Crippen molar-refractivity contribution in [3.8, 4) is 0 Å². The molecule has 3 rings (SSSR count). The Bertz CT molecular complexity index is 913. The zero-order valence-electron chi connectivity index (χ0n) is 14.4. The zero-order chi connectivity index (χ0) is 17.1. The molecule has 0 bridgehead atoms. The summed E-state index contributed by atoms with van der Waals surface area (Å²) in [7, 11) is 0. The quantitative estimate of drug-likeness (QED) is 0.716. The van der Waals surface area contributed by atoms with Crippen LogP contribution in [0.3, 0.4) is 0 Å². The van der Waals surface area contributed by atoms with Crippen LogP contribution < -0.4 is 21.4 Å². The molecule has 0 aromatic heterocycles. The Morgan fingerprint density at radius 2 is 0.625 bits per heavy atom. The Labute approximate surface area is 141 Å². The van der Waals surface area contributed by atoms with Crippen molar-refractivity contribution in [1.82, 2.24) is 0 Å². The van der Waals surface area contributed by atoms with Gasteiger partial charge in [-0.2, -0.15) is 0 Å². The van der Waals surface area contributed by atoms with Gasteiger partial charge < -0.3 is 0 Å². The third kappa shape index (κ3) is 3.38. The monoisotopic (exact) mass is 316 g/mol. The van der Waals surface area contributed by atoms with Crippen molar-refractivity contribution in [3.05, 3.63) is 92.7 Å². The first-order valence-electron chi connectivity index (χ1n) is 7.94. The minimum Gasteiger partial charge on any atom is -0.250 e. The summed E-state index contributed by atoms with van der Waals surface area (Å²) in [6, 6.07) is 15.7. The van der Waals surface area contributed by atoms with Crippen molar-refractivity contribution in [3.63, 3.8) is 0 Å². The van der Waals surface area contributed by atoms with E-state index in [-0.39, 0.29) is 0 Å². The zero-order valence-corrected chi connectivity index (χ0v) is 14.4. The van der Waals surface area contributed by atoms with Crippen LogP contribution in [0.1, 0.15) is 27.7 Å². The van der Waals surface area contributed by atoms with Gasteiger partial charge in [-0.15, -0.1) is 0 Å². The van der Waals surface area contributed by atoms with E-state index in [1.54, 1.807) is 0 Å². The number of hydrogen-bond acceptors (Lipinski definition) is 4. The molecule has 0 unspecified atom stereocenters. The number of nitrogens with zero attached hydrogens (tertiary/aromatic N) is 4. The van der Waals surface area contributed by atoms with Crippen molar-refractivity contribution in [2.24, 2.45) is 20.0 Å². The standard InChI is InChI=1S/C20H20N4/c1-13-14(2)22-19-11-7-8-12-20(19)24-16(4)15(3)23-18-10-6-5-9-17(18)21-13/h5-12H,1-4H3/b14-13-,16-15-,21-13?,21-17?,22-14?,22-19?,23-15?,23-18?,24-16?,24-20?. The van der Waals surface area contributed by atoms with E-state index in [0.29, 0.717) is 0 Å². The molecular formula is C20H20N4. The average molecular weight is 316 g/mol. The van der Waals surface area contributed by atoms with Crippen LogP contribution in [-0.4, -0.2) is 0 Å². The van der Waals surface area contributed by atoms with Gasteiger partial charge in [0.1, 0.15) is 0 Å². The highest BCUT2D eigenvalue weighted by atomic mass is 14.9. The summed E-state index contributed by atoms with van der Waals surface area (Å²) in [4.78, 5) is 18.9. The lowest BCUT2D eigenvalue weighted by molar-refractivity contribution is 1.01. The van der Waals surface area contributed by atoms with Gasteiger partial charge in [0.2, 0.25) is 0 Å². The van der Waals surface area contributed by atoms with Gasteiger partial charge in [-0.1, -0.05) is 24.3 Å². The van der Waals surface area contributed by atoms with Crippen LogP contribution in [-0.2, 0) is 0 Å². The largest absolute Gasteiger partial charge is 0.250 e. The summed E-state index contributed by atoms with van der Waals surface area (Å²) in [6.07, 6.45) is 0. The Kier molecular flexibility index (Phi) is 4.47. The molecule has 0 aliphatic carbocycles. The Morgan fingerprint density at radius 3 is 0.833 bits per heavy atom. The van der Waals surface area contributed by atoms with Gasteiger partial charge in [0.15, 0.2) is 0 Å². The molecule has 1 aliphatic rings. The van der Waals surface area contributed by atoms with Gasteiger partial charge in [-0.3, -0.25) is 0 Å². The summed E-state index contributed by atoms with van der Waals surface area (Å²) in [5.41, 5.74) is 3.47. The summed E-state index contributed by atoms with van der Waals surface area (Å²) in [5, 5.41) is 3.35. The van der Waals surface area contributed by atoms with Crippen molar-refractivity contribution in [2.75, 3.05) is 0 Å². The van der Waals surface area contributed by atoms with E-state index >= 15 is 0 Å². The maximum Gasteiger partial charge on any atom is 0.0890 e. The molecule has 1 aliphatic heterocycles. The lowest BCUT2D eigenvalue weighted by Gasteiger charge is -2.02. The second kappa shape index (κ2) is 6.71. The normalized spacial score (nSPS) is 20.8. The van der Waals surface area contributed by atoms with Crippen LogP contribution in [0.4, 0.5) is 0 Å². The highest BCUT2D eigenvalue weighted by molar-refractivity contribution is 5.16. The predicted octanol–water partition coefficient (Wildman–Crippen LogP) is 2.38. The van der Waals surface area contributed by atoms with Gasteiger partial charge in [0.25, 0.3) is 0 Å². The van der Waals surface area contributed by atoms with E-state index in [9.17, 15) is 0 Å². The number of para-hydroxylation sites is 4. The first-order chi connectivity index (χ1) is 11.5. The number of fused-ring (bicyclic) bond motifs is 2. The average Bonchev–Trinajstić information content (AvgIpc) is 2.57. The molecule has 0 N–H and O–H groups in total. The highest BCUT2D eigenvalue weighted by Crippen LogP contribution is 2.06. The van der Waals surface area contributed by atoms with Crippen LogP contribution in [0.25, 0.3) is 0 Å². The fourth-order valence-electron chi connectivity index (χ4n) is 2.35. The second-order valence-corrected chi connectivity index (χ2v) is 5.77. The SMILES string of the molecule is C/C1=C(\C)N=c2ccccc2=N/C(C)=C(/C)N=c2ccccc2=N1. The molecule has 0 amide bonds. The van der Waals surface area contributed by atoms with E-state index in [1.165, 1.54) is 0 Å². The number of rotatable bonds is 0. The van der Waals surface area contributed by atoms with Crippen LogP contribution in [0.5, 0.6) is 0 Å². The lowest BCUT2D eigenvalue weighted by atomic mass is 10.3. The molecular weight excluding hydrogens is 296 g/mol. The van der Waals surface area contributed by atoms with Gasteiger partial charge in [0.05, 0.1) is 44.2 Å². The first kappa shape index (κ1) is 16.0. The molecule has 0 saturated carbocycles.